The molecule has 0 bridgehead atoms. The van der Waals surface area contributed by atoms with E-state index in [-0.39, 0.29) is 18.4 Å². The van der Waals surface area contributed by atoms with E-state index in [0.29, 0.717) is 12.3 Å². The third-order valence-electron chi connectivity index (χ3n) is 4.73. The van der Waals surface area contributed by atoms with Crippen LogP contribution in [0.1, 0.15) is 48.4 Å². The van der Waals surface area contributed by atoms with Crippen molar-refractivity contribution in [2.45, 2.75) is 45.9 Å². The van der Waals surface area contributed by atoms with Crippen LogP contribution in [0.15, 0.2) is 59.0 Å². The van der Waals surface area contributed by atoms with Crippen molar-refractivity contribution in [3.63, 3.8) is 0 Å². The second kappa shape index (κ2) is 10.0. The Morgan fingerprint density at radius 1 is 1.10 bits per heavy atom. The van der Waals surface area contributed by atoms with Crippen LogP contribution in [0, 0.1) is 12.8 Å². The number of benzene rings is 2. The van der Waals surface area contributed by atoms with E-state index in [1.54, 1.807) is 0 Å². The summed E-state index contributed by atoms with van der Waals surface area (Å²) in [7, 11) is 0. The summed E-state index contributed by atoms with van der Waals surface area (Å²) in [5, 5.41) is 21.5. The van der Waals surface area contributed by atoms with Gasteiger partial charge in [0.2, 0.25) is 11.8 Å². The van der Waals surface area contributed by atoms with Gasteiger partial charge in [-0.3, -0.25) is 0 Å². The predicted molar refractivity (Wildman–Crippen MR) is 112 cm³/mol. The number of aliphatic hydroxyl groups excluding tert-OH is 1. The topological polar surface area (TPSA) is 97.5 Å². The van der Waals surface area contributed by atoms with E-state index in [1.807, 2.05) is 75.4 Å². The number of carbonyl (C=O) groups excluding carboxylic acids is 1. The molecule has 0 aliphatic heterocycles. The van der Waals surface area contributed by atoms with Crippen LogP contribution in [-0.2, 0) is 17.8 Å². The van der Waals surface area contributed by atoms with Crippen molar-refractivity contribution in [3.05, 3.63) is 83.1 Å². The van der Waals surface area contributed by atoms with Crippen LogP contribution < -0.4 is 5.32 Å². The van der Waals surface area contributed by atoms with Crippen molar-refractivity contribution in [1.82, 2.24) is 15.5 Å². The van der Waals surface area contributed by atoms with Gasteiger partial charge in [-0.1, -0.05) is 74.0 Å². The highest BCUT2D eigenvalue weighted by molar-refractivity contribution is 5.67. The number of hydrogen-bond acceptors (Lipinski definition) is 6. The zero-order valence-electron chi connectivity index (χ0n) is 17.4. The molecule has 1 amide bonds. The lowest BCUT2D eigenvalue weighted by Gasteiger charge is -2.25. The van der Waals surface area contributed by atoms with Crippen molar-refractivity contribution >= 4 is 6.09 Å². The monoisotopic (exact) mass is 409 g/mol. The zero-order valence-corrected chi connectivity index (χ0v) is 17.4. The second-order valence-corrected chi connectivity index (χ2v) is 7.62. The van der Waals surface area contributed by atoms with Gasteiger partial charge < -0.3 is 19.6 Å². The van der Waals surface area contributed by atoms with Gasteiger partial charge in [0, 0.05) is 0 Å². The molecular weight excluding hydrogens is 382 g/mol. The number of alkyl carbamates (subject to hydrolysis) is 1. The van der Waals surface area contributed by atoms with Crippen molar-refractivity contribution in [2.24, 2.45) is 5.92 Å². The highest BCUT2D eigenvalue weighted by Crippen LogP contribution is 2.22. The first kappa shape index (κ1) is 21.5. The smallest absolute Gasteiger partial charge is 0.407 e. The maximum atomic E-state index is 12.2. The van der Waals surface area contributed by atoms with E-state index in [9.17, 15) is 9.90 Å². The Morgan fingerprint density at radius 2 is 1.83 bits per heavy atom. The lowest BCUT2D eigenvalue weighted by molar-refractivity contribution is 0.0682. The average Bonchev–Trinajstić information content (AvgIpc) is 3.19. The Bertz CT molecular complexity index is 956. The number of aryl methyl sites for hydroxylation is 1. The van der Waals surface area contributed by atoms with Crippen LogP contribution in [0.25, 0.3) is 0 Å². The molecule has 0 radical (unpaired) electrons. The molecule has 3 rings (SSSR count). The molecule has 2 unspecified atom stereocenters. The standard InChI is InChI=1S/C23H27N3O4/c1-15(2)20(24-23(28)29-14-17-9-5-4-6-10-17)21(27)22-26-25-19(30-22)13-18-11-7-8-16(3)12-18/h4-12,15,20-21,27H,13-14H2,1-3H3,(H,24,28). The van der Waals surface area contributed by atoms with Gasteiger partial charge in [-0.2, -0.15) is 0 Å². The van der Waals surface area contributed by atoms with Gasteiger partial charge in [0.15, 0.2) is 6.10 Å². The molecule has 1 aromatic heterocycles. The van der Waals surface area contributed by atoms with Crippen molar-refractivity contribution in [3.8, 4) is 0 Å². The van der Waals surface area contributed by atoms with Crippen molar-refractivity contribution in [2.75, 3.05) is 0 Å². The fourth-order valence-corrected chi connectivity index (χ4v) is 3.12. The molecule has 0 aliphatic rings. The number of aromatic nitrogens is 2. The minimum Gasteiger partial charge on any atom is -0.445 e. The van der Waals surface area contributed by atoms with Gasteiger partial charge in [0.1, 0.15) is 6.61 Å². The van der Waals surface area contributed by atoms with Crippen LogP contribution in [0.5, 0.6) is 0 Å². The van der Waals surface area contributed by atoms with Crippen LogP contribution in [0.3, 0.4) is 0 Å². The quantitative estimate of drug-likeness (QED) is 0.585. The Labute approximate surface area is 176 Å². The third-order valence-corrected chi connectivity index (χ3v) is 4.73. The molecule has 158 valence electrons. The van der Waals surface area contributed by atoms with E-state index in [4.69, 9.17) is 9.15 Å². The maximum Gasteiger partial charge on any atom is 0.407 e. The minimum atomic E-state index is -1.15. The normalized spacial score (nSPS) is 13.1. The van der Waals surface area contributed by atoms with Crippen LogP contribution in [0.2, 0.25) is 0 Å². The summed E-state index contributed by atoms with van der Waals surface area (Å²) in [5.74, 6) is 0.389. The molecule has 1 heterocycles. The fraction of sp³-hybridized carbons (Fsp3) is 0.348. The minimum absolute atomic E-state index is 0.0692. The SMILES string of the molecule is Cc1cccc(Cc2nnc(C(O)C(NC(=O)OCc3ccccc3)C(C)C)o2)c1. The van der Waals surface area contributed by atoms with Crippen LogP contribution >= 0.6 is 0 Å². The molecule has 2 atom stereocenters. The Hall–Kier alpha value is -3.19. The Morgan fingerprint density at radius 3 is 2.53 bits per heavy atom. The zero-order chi connectivity index (χ0) is 21.5. The summed E-state index contributed by atoms with van der Waals surface area (Å²) < 4.78 is 10.9. The highest BCUT2D eigenvalue weighted by atomic mass is 16.5. The molecule has 0 fully saturated rings. The summed E-state index contributed by atoms with van der Waals surface area (Å²) in [4.78, 5) is 12.2. The number of amides is 1. The number of hydrogen-bond donors (Lipinski definition) is 2. The largest absolute Gasteiger partial charge is 0.445 e. The molecule has 7 nitrogen and oxygen atoms in total. The van der Waals surface area contributed by atoms with Gasteiger partial charge in [-0.25, -0.2) is 4.79 Å². The molecule has 2 aromatic carbocycles. The lowest BCUT2D eigenvalue weighted by Crippen LogP contribution is -2.43. The third kappa shape index (κ3) is 5.90. The van der Waals surface area contributed by atoms with E-state index in [2.05, 4.69) is 15.5 Å². The van der Waals surface area contributed by atoms with E-state index < -0.39 is 18.2 Å². The first-order valence-corrected chi connectivity index (χ1v) is 9.95. The van der Waals surface area contributed by atoms with E-state index in [1.165, 1.54) is 0 Å². The molecule has 0 spiro atoms. The Kier molecular flexibility index (Phi) is 7.19. The van der Waals surface area contributed by atoms with E-state index in [0.717, 1.165) is 16.7 Å². The van der Waals surface area contributed by atoms with Crippen LogP contribution in [0.4, 0.5) is 4.79 Å². The van der Waals surface area contributed by atoms with Crippen molar-refractivity contribution in [1.29, 1.82) is 0 Å². The molecule has 7 heteroatoms. The molecular formula is C23H27N3O4. The van der Waals surface area contributed by atoms with Crippen LogP contribution in [-0.4, -0.2) is 27.4 Å². The summed E-state index contributed by atoms with van der Waals surface area (Å²) >= 11 is 0. The fourth-order valence-electron chi connectivity index (χ4n) is 3.12. The molecule has 3 aromatic rings. The molecule has 0 aliphatic carbocycles. The van der Waals surface area contributed by atoms with Gasteiger partial charge in [0.25, 0.3) is 0 Å². The van der Waals surface area contributed by atoms with Gasteiger partial charge in [-0.15, -0.1) is 10.2 Å². The maximum absolute atomic E-state index is 12.2. The summed E-state index contributed by atoms with van der Waals surface area (Å²) in [6.07, 6.45) is -1.29. The van der Waals surface area contributed by atoms with Gasteiger partial charge >= 0.3 is 6.09 Å². The lowest BCUT2D eigenvalue weighted by atomic mass is 9.98. The number of carbonyl (C=O) groups is 1. The molecule has 30 heavy (non-hydrogen) atoms. The number of aliphatic hydroxyl groups is 1. The first-order chi connectivity index (χ1) is 14.4. The second-order valence-electron chi connectivity index (χ2n) is 7.62. The summed E-state index contributed by atoms with van der Waals surface area (Å²) in [6.45, 7) is 5.93. The number of nitrogens with one attached hydrogen (secondary N) is 1. The average molecular weight is 409 g/mol. The summed E-state index contributed by atoms with van der Waals surface area (Å²) in [5.41, 5.74) is 3.07. The Balaban J connectivity index is 1.61. The highest BCUT2D eigenvalue weighted by Gasteiger charge is 2.30. The molecule has 2 N–H and O–H groups in total. The number of rotatable bonds is 8. The number of ether oxygens (including phenoxy) is 1. The molecule has 0 saturated carbocycles. The van der Waals surface area contributed by atoms with E-state index >= 15 is 0 Å². The summed E-state index contributed by atoms with van der Waals surface area (Å²) in [6, 6.07) is 16.8. The van der Waals surface area contributed by atoms with Crippen molar-refractivity contribution < 1.29 is 19.1 Å². The first-order valence-electron chi connectivity index (χ1n) is 9.95. The molecule has 0 saturated heterocycles. The van der Waals surface area contributed by atoms with Gasteiger partial charge in [0.05, 0.1) is 12.5 Å². The predicted octanol–water partition coefficient (Wildman–Crippen LogP) is 3.95. The van der Waals surface area contributed by atoms with Gasteiger partial charge in [-0.05, 0) is 24.0 Å². The number of nitrogens with zero attached hydrogens (tertiary/aromatic N) is 2.